The van der Waals surface area contributed by atoms with E-state index in [0.717, 1.165) is 35.4 Å². The van der Waals surface area contributed by atoms with E-state index in [0.29, 0.717) is 136 Å². The minimum absolute atomic E-state index is 0.00163. The zero-order chi connectivity index (χ0) is 57.6. The van der Waals surface area contributed by atoms with Crippen molar-refractivity contribution in [2.75, 3.05) is 95.3 Å². The summed E-state index contributed by atoms with van der Waals surface area (Å²) in [4.78, 5) is 81.9. The normalized spacial score (nSPS) is 16.6. The number of rotatable bonds is 18. The van der Waals surface area contributed by atoms with Crippen LogP contribution in [0, 0.1) is 5.92 Å². The number of aromatic nitrogens is 5. The van der Waals surface area contributed by atoms with Crippen LogP contribution in [0.1, 0.15) is 75.8 Å². The van der Waals surface area contributed by atoms with Crippen LogP contribution in [0.4, 0.5) is 36.7 Å². The van der Waals surface area contributed by atoms with Crippen molar-refractivity contribution in [2.45, 2.75) is 83.2 Å². The summed E-state index contributed by atoms with van der Waals surface area (Å²) in [7, 11) is 7.94. The number of pyridine rings is 1. The molecule has 5 aromatic rings. The molecule has 9 rings (SSSR count). The Kier molecular flexibility index (Phi) is 18.2. The van der Waals surface area contributed by atoms with Crippen molar-refractivity contribution in [1.29, 1.82) is 0 Å². The Hall–Kier alpha value is -7.73. The molecular formula is C56H72ClF2N15O7. The van der Waals surface area contributed by atoms with E-state index in [1.165, 1.54) is 24.9 Å². The molecule has 2 fully saturated rings. The lowest BCUT2D eigenvalue weighted by atomic mass is 9.90. The number of hydrogen-bond acceptors (Lipinski definition) is 15. The quantitative estimate of drug-likeness (QED) is 0.0407. The zero-order valence-corrected chi connectivity index (χ0v) is 47.5. The van der Waals surface area contributed by atoms with Crippen LogP contribution < -0.4 is 51.9 Å². The van der Waals surface area contributed by atoms with Crippen LogP contribution in [0.25, 0.3) is 22.0 Å². The maximum absolute atomic E-state index is 14.8. The number of nitrogens with zero attached hydrogens (tertiary/aromatic N) is 10. The van der Waals surface area contributed by atoms with Gasteiger partial charge in [-0.25, -0.2) is 24.4 Å². The number of hydrazine groups is 1. The van der Waals surface area contributed by atoms with Crippen LogP contribution in [0.2, 0.25) is 5.02 Å². The Morgan fingerprint density at radius 3 is 2.38 bits per heavy atom. The summed E-state index contributed by atoms with van der Waals surface area (Å²) in [6.07, 6.45) is 7.50. The van der Waals surface area contributed by atoms with Crippen LogP contribution in [0.3, 0.4) is 0 Å². The first kappa shape index (κ1) is 57.9. The fraction of sp³-hybridized carbons (Fsp3) is 0.500. The number of nitrogens with two attached hydrogens (primary N) is 1. The fourth-order valence-corrected chi connectivity index (χ4v) is 11.7. The largest absolute Gasteiger partial charge is 0.494 e. The number of nitrogens with one attached hydrogen (secondary N) is 4. The molecule has 4 aliphatic heterocycles. The van der Waals surface area contributed by atoms with E-state index in [1.807, 2.05) is 20.9 Å². The number of amides is 5. The molecule has 25 heteroatoms. The number of carbonyl (C=O) groups is 4. The molecule has 0 aliphatic carbocycles. The molecule has 6 N–H and O–H groups in total. The van der Waals surface area contributed by atoms with Gasteiger partial charge in [-0.15, -0.1) is 0 Å². The highest BCUT2D eigenvalue weighted by Gasteiger charge is 2.36. The van der Waals surface area contributed by atoms with Crippen molar-refractivity contribution < 1.29 is 37.4 Å². The predicted molar refractivity (Wildman–Crippen MR) is 305 cm³/mol. The third-order valence-corrected chi connectivity index (χ3v) is 16.4. The lowest BCUT2D eigenvalue weighted by Crippen LogP contribution is -2.53. The minimum atomic E-state index is -2.70. The number of hydrogen-bond donors (Lipinski definition) is 5. The van der Waals surface area contributed by atoms with Gasteiger partial charge in [-0.3, -0.25) is 23.9 Å². The number of likely N-dealkylation sites (tertiary alicyclic amines) is 1. The third kappa shape index (κ3) is 12.8. The van der Waals surface area contributed by atoms with Crippen molar-refractivity contribution in [2.24, 2.45) is 25.9 Å². The van der Waals surface area contributed by atoms with Crippen LogP contribution in [-0.4, -0.2) is 155 Å². The summed E-state index contributed by atoms with van der Waals surface area (Å²) < 4.78 is 43.7. The molecule has 0 radical (unpaired) electrons. The molecule has 2 aromatic carbocycles. The molecule has 4 aliphatic rings. The van der Waals surface area contributed by atoms with E-state index in [1.54, 1.807) is 67.4 Å². The van der Waals surface area contributed by atoms with E-state index in [2.05, 4.69) is 43.2 Å². The molecule has 7 heterocycles. The Labute approximate surface area is 473 Å². The van der Waals surface area contributed by atoms with Crippen molar-refractivity contribution in [3.63, 3.8) is 0 Å². The van der Waals surface area contributed by atoms with Crippen molar-refractivity contribution in [3.8, 4) is 22.6 Å². The highest BCUT2D eigenvalue weighted by atomic mass is 35.5. The van der Waals surface area contributed by atoms with Crippen LogP contribution in [0.5, 0.6) is 11.5 Å². The van der Waals surface area contributed by atoms with E-state index in [9.17, 15) is 32.8 Å². The molecule has 1 atom stereocenters. The number of benzene rings is 2. The predicted octanol–water partition coefficient (Wildman–Crippen LogP) is 5.62. The second-order valence-corrected chi connectivity index (χ2v) is 21.5. The zero-order valence-electron chi connectivity index (χ0n) is 46.7. The van der Waals surface area contributed by atoms with Gasteiger partial charge in [0, 0.05) is 151 Å². The first-order valence-electron chi connectivity index (χ1n) is 27.5. The van der Waals surface area contributed by atoms with Gasteiger partial charge in [0.2, 0.25) is 17.8 Å². The smallest absolute Gasteiger partial charge is 0.317 e. The number of urea groups is 1. The fourth-order valence-electron chi connectivity index (χ4n) is 11.6. The van der Waals surface area contributed by atoms with Gasteiger partial charge in [0.1, 0.15) is 10.8 Å². The van der Waals surface area contributed by atoms with Crippen molar-refractivity contribution in [3.05, 3.63) is 86.7 Å². The highest BCUT2D eigenvalue weighted by Crippen LogP contribution is 2.42. The maximum Gasteiger partial charge on any atom is 0.317 e. The maximum atomic E-state index is 14.8. The topological polar surface area (TPSA) is 243 Å². The second-order valence-electron chi connectivity index (χ2n) is 21.1. The molecular weight excluding hydrogens is 1070 g/mol. The molecule has 81 heavy (non-hydrogen) atoms. The van der Waals surface area contributed by atoms with Crippen LogP contribution in [0.15, 0.2) is 65.0 Å². The number of methoxy groups -OCH3 is 1. The van der Waals surface area contributed by atoms with Gasteiger partial charge in [-0.05, 0) is 92.8 Å². The SMILES string of the molecule is CNC(=O)COc1cc2cc(Nc3nc(N4CCC(C(=O)NCCCC(=O)N5CCC(N(N)C6=C(C(C)N7CCCc8cc(-c9cnn(C)c9)c(C(F)F)cc87)CN(C(=O)NC)CC6)CC5)CC4)ncc3Cl)cc(OC)c2n(C)c1=O. The number of ether oxygens (including phenoxy) is 2. The van der Waals surface area contributed by atoms with E-state index in [-0.39, 0.29) is 71.1 Å². The monoisotopic (exact) mass is 1140 g/mol. The van der Waals surface area contributed by atoms with Gasteiger partial charge in [0.15, 0.2) is 18.2 Å². The Bertz CT molecular complexity index is 3250. The molecule has 0 saturated carbocycles. The average Bonchev–Trinajstić information content (AvgIpc) is 3.97. The lowest BCUT2D eigenvalue weighted by Gasteiger charge is -2.45. The van der Waals surface area contributed by atoms with Crippen molar-refractivity contribution in [1.82, 2.24) is 55.1 Å². The van der Waals surface area contributed by atoms with E-state index in [4.69, 9.17) is 31.9 Å². The summed E-state index contributed by atoms with van der Waals surface area (Å²) >= 11 is 6.60. The molecule has 1 unspecified atom stereocenters. The number of piperidine rings is 2. The number of alkyl halides is 2. The van der Waals surface area contributed by atoms with Crippen LogP contribution in [-0.2, 0) is 34.9 Å². The Morgan fingerprint density at radius 1 is 0.926 bits per heavy atom. The number of anilines is 4. The first-order valence-corrected chi connectivity index (χ1v) is 27.9. The molecule has 2 saturated heterocycles. The molecule has 22 nitrogen and oxygen atoms in total. The minimum Gasteiger partial charge on any atom is -0.494 e. The van der Waals surface area contributed by atoms with E-state index >= 15 is 0 Å². The van der Waals surface area contributed by atoms with Gasteiger partial charge in [-0.2, -0.15) is 10.1 Å². The summed E-state index contributed by atoms with van der Waals surface area (Å²) in [5.74, 6) is 7.60. The molecule has 0 bridgehead atoms. The third-order valence-electron chi connectivity index (χ3n) is 16.1. The van der Waals surface area contributed by atoms with Gasteiger partial charge in [-0.1, -0.05) is 11.6 Å². The number of aryl methyl sites for hydroxylation is 3. The highest BCUT2D eigenvalue weighted by molar-refractivity contribution is 6.33. The van der Waals surface area contributed by atoms with E-state index < -0.39 is 12.0 Å². The first-order chi connectivity index (χ1) is 39.0. The summed E-state index contributed by atoms with van der Waals surface area (Å²) in [6, 6.07) is 8.05. The lowest BCUT2D eigenvalue weighted by molar-refractivity contribution is -0.133. The summed E-state index contributed by atoms with van der Waals surface area (Å²) in [5, 5.41) is 18.5. The van der Waals surface area contributed by atoms with Crippen molar-refractivity contribution >= 4 is 69.4 Å². The Balaban J connectivity index is 0.758. The summed E-state index contributed by atoms with van der Waals surface area (Å²) in [5.41, 5.74) is 5.36. The molecule has 434 valence electrons. The Morgan fingerprint density at radius 2 is 1.69 bits per heavy atom. The van der Waals surface area contributed by atoms with Gasteiger partial charge < -0.3 is 59.9 Å². The van der Waals surface area contributed by atoms with Gasteiger partial charge in [0.25, 0.3) is 17.9 Å². The number of halogens is 3. The standard InChI is InChI=1S/C56H72ClF2N15O7/c1-33(73-17-8-9-35-24-40(37-28-65-68(4)30-37)41(51(58)59)27-45(35)73)42-31-72(56(79)62-3)22-15-44(42)74(60)39-13-20-70(21-14-39)49(76)10-7-16-63-53(77)34-11-18-71(19-12-34)55-64-29-43(57)52(67-55)66-38-23-36-25-47(81-32-48(75)61-2)54(78)69(5)50(36)46(26-38)80-6/h23-30,33-34,39,51H,7-22,31-32,60H2,1-6H3,(H,61,75)(H,62,79)(H,63,77)(H,64,66,67). The van der Waals surface area contributed by atoms with Crippen LogP contribution >= 0.6 is 11.6 Å². The number of likely N-dealkylation sites (N-methyl/N-ethyl adjacent to an activating group) is 1. The number of carbonyl (C=O) groups excluding carboxylic acids is 4. The molecule has 5 amide bonds. The summed E-state index contributed by atoms with van der Waals surface area (Å²) in [6.45, 7) is 5.66. The van der Waals surface area contributed by atoms with Gasteiger partial charge in [0.05, 0.1) is 31.1 Å². The second kappa shape index (κ2) is 25.4. The van der Waals surface area contributed by atoms with Gasteiger partial charge >= 0.3 is 6.03 Å². The molecule has 3 aromatic heterocycles. The molecule has 0 spiro atoms. The average molecular weight is 1140 g/mol. The number of fused-ring (bicyclic) bond motifs is 2.